The normalized spacial score (nSPS) is 23.7. The minimum absolute atomic E-state index is 0.166. The zero-order valence-corrected chi connectivity index (χ0v) is 33.6. The Hall–Kier alpha value is -3.21. The fourth-order valence-corrected chi connectivity index (χ4v) is 9.69. The maximum atomic E-state index is 15.0. The van der Waals surface area contributed by atoms with E-state index in [2.05, 4.69) is 36.3 Å². The number of fused-ring (bicyclic) bond motifs is 8. The van der Waals surface area contributed by atoms with E-state index in [1.54, 1.807) is 17.4 Å². The second-order valence-electron chi connectivity index (χ2n) is 16.0. The van der Waals surface area contributed by atoms with Crippen molar-refractivity contribution in [3.8, 4) is 0 Å². The van der Waals surface area contributed by atoms with Crippen LogP contribution in [0.2, 0.25) is 5.02 Å². The van der Waals surface area contributed by atoms with Gasteiger partial charge in [0.15, 0.2) is 5.78 Å². The second-order valence-corrected chi connectivity index (χ2v) is 17.4. The average Bonchev–Trinajstić information content (AvgIpc) is 3.77. The fourth-order valence-electron chi connectivity index (χ4n) is 8.76. The Morgan fingerprint density at radius 2 is 1.89 bits per heavy atom. The molecule has 0 radical (unpaired) electrons. The molecular formula is C46H55ClFNO5S. The molecule has 6 nitrogen and oxygen atoms in total. The molecular weight excluding hydrogens is 733 g/mol. The molecule has 0 amide bonds. The topological polar surface area (TPSA) is 90.2 Å². The molecule has 3 aliphatic rings. The largest absolute Gasteiger partial charge is 0.393 e. The Kier molecular flexibility index (Phi) is 14.2. The number of thiophene rings is 1. The molecule has 55 heavy (non-hydrogen) atoms. The van der Waals surface area contributed by atoms with Gasteiger partial charge in [-0.1, -0.05) is 84.8 Å². The van der Waals surface area contributed by atoms with Crippen molar-refractivity contribution in [1.82, 2.24) is 4.90 Å². The third-order valence-corrected chi connectivity index (χ3v) is 13.3. The molecule has 1 saturated carbocycles. The third-order valence-electron chi connectivity index (χ3n) is 12.0. The Balaban J connectivity index is 1.31. The monoisotopic (exact) mass is 787 g/mol. The molecule has 0 saturated heterocycles. The molecule has 1 fully saturated rings. The number of benzene rings is 3. The lowest BCUT2D eigenvalue weighted by molar-refractivity contribution is -0.0905. The van der Waals surface area contributed by atoms with Gasteiger partial charge in [0.05, 0.1) is 31.0 Å². The number of aliphatic hydroxyl groups excluding tert-OH is 2. The van der Waals surface area contributed by atoms with Gasteiger partial charge in [-0.05, 0) is 111 Å². The van der Waals surface area contributed by atoms with Gasteiger partial charge >= 0.3 is 0 Å². The molecule has 9 heteroatoms. The van der Waals surface area contributed by atoms with Crippen LogP contribution in [0.15, 0.2) is 95.9 Å². The van der Waals surface area contributed by atoms with Gasteiger partial charge in [-0.25, -0.2) is 4.39 Å². The van der Waals surface area contributed by atoms with E-state index in [0.717, 1.165) is 36.0 Å². The first-order chi connectivity index (χ1) is 26.4. The summed E-state index contributed by atoms with van der Waals surface area (Å²) >= 11 is 8.11. The van der Waals surface area contributed by atoms with Gasteiger partial charge < -0.3 is 20.1 Å². The number of nitrogens with zero attached hydrogens (tertiary/aromatic N) is 1. The molecule has 7 rings (SSSR count). The van der Waals surface area contributed by atoms with Crippen LogP contribution in [-0.2, 0) is 30.6 Å². The Bertz CT molecular complexity index is 1880. The first-order valence-electron chi connectivity index (χ1n) is 19.6. The molecule has 4 aromatic rings. The second kappa shape index (κ2) is 18.8. The van der Waals surface area contributed by atoms with E-state index in [0.29, 0.717) is 63.9 Å². The van der Waals surface area contributed by atoms with Crippen LogP contribution in [0.1, 0.15) is 95.8 Å². The van der Waals surface area contributed by atoms with E-state index in [9.17, 15) is 20.1 Å². The fraction of sp³-hybridized carbons (Fsp3) is 0.457. The predicted molar refractivity (Wildman–Crippen MR) is 219 cm³/mol. The van der Waals surface area contributed by atoms with E-state index < -0.39 is 29.0 Å². The van der Waals surface area contributed by atoms with Crippen molar-refractivity contribution in [1.29, 1.82) is 0 Å². The SMILES string of the molecule is CC1=CCC[C@@]2(C)[C@@H](CC[C@@]2(O)CN(CCc2cccs2)C[C@@H](O)COCc2ccccc2)c2ccc(cc2C(=O)Cc2c(F)cccc2Cl)C[C@@H](O)CC1. The number of ketones is 1. The molecule has 3 aromatic carbocycles. The quantitative estimate of drug-likeness (QED) is 0.0873. The molecule has 1 heterocycles. The van der Waals surface area contributed by atoms with Crippen LogP contribution >= 0.6 is 22.9 Å². The summed E-state index contributed by atoms with van der Waals surface area (Å²) < 4.78 is 20.9. The van der Waals surface area contributed by atoms with E-state index in [-0.39, 0.29) is 35.3 Å². The van der Waals surface area contributed by atoms with Crippen molar-refractivity contribution in [2.45, 2.75) is 102 Å². The highest BCUT2D eigenvalue weighted by Crippen LogP contribution is 2.59. The molecule has 2 bridgehead atoms. The molecule has 1 aromatic heterocycles. The number of rotatable bonds is 14. The molecule has 5 atom stereocenters. The van der Waals surface area contributed by atoms with Crippen LogP contribution in [0, 0.1) is 11.2 Å². The number of halogens is 2. The predicted octanol–water partition coefficient (Wildman–Crippen LogP) is 9.13. The van der Waals surface area contributed by atoms with Gasteiger partial charge in [0.25, 0.3) is 0 Å². The van der Waals surface area contributed by atoms with Crippen molar-refractivity contribution in [2.24, 2.45) is 5.41 Å². The van der Waals surface area contributed by atoms with Crippen molar-refractivity contribution in [3.05, 3.63) is 139 Å². The van der Waals surface area contributed by atoms with Gasteiger partial charge in [0.2, 0.25) is 0 Å². The standard InChI is InChI=1S/C46H55ClFNO5S/c1-32-9-7-21-45(2)41(38-18-16-34(25-35(50)17-15-32)26-39(38)44(52)27-40-42(47)13-6-14-43(40)48)19-22-46(45,53)31-49(23-20-37-12-8-24-55-37)28-36(51)30-54-29-33-10-4-3-5-11-33/h3-6,8-14,16,18,24,26,35-36,41,50-51,53H,7,15,17,19-23,25,27-31H2,1-2H3/t35-,36+,41-,45-,46+/m0/s1. The smallest absolute Gasteiger partial charge is 0.167 e. The molecule has 0 aliphatic heterocycles. The molecule has 3 N–H and O–H groups in total. The van der Waals surface area contributed by atoms with Crippen LogP contribution < -0.4 is 0 Å². The maximum Gasteiger partial charge on any atom is 0.167 e. The first-order valence-corrected chi connectivity index (χ1v) is 20.9. The summed E-state index contributed by atoms with van der Waals surface area (Å²) in [7, 11) is 0. The minimum atomic E-state index is -1.15. The van der Waals surface area contributed by atoms with E-state index in [1.165, 1.54) is 22.6 Å². The number of ether oxygens (including phenoxy) is 1. The van der Waals surface area contributed by atoms with Gasteiger partial charge in [0.1, 0.15) is 5.82 Å². The average molecular weight is 788 g/mol. The summed E-state index contributed by atoms with van der Waals surface area (Å²) in [5, 5.41) is 37.6. The van der Waals surface area contributed by atoms with Crippen LogP contribution in [0.4, 0.5) is 4.39 Å². The van der Waals surface area contributed by atoms with Gasteiger partial charge in [-0.3, -0.25) is 9.69 Å². The molecule has 294 valence electrons. The van der Waals surface area contributed by atoms with Crippen molar-refractivity contribution in [2.75, 3.05) is 26.2 Å². The number of hydrogen-bond acceptors (Lipinski definition) is 7. The Labute approximate surface area is 334 Å². The number of aliphatic hydroxyl groups is 3. The Morgan fingerprint density at radius 3 is 2.65 bits per heavy atom. The molecule has 0 unspecified atom stereocenters. The maximum absolute atomic E-state index is 15.0. The number of carbonyl (C=O) groups excluding carboxylic acids is 1. The zero-order chi connectivity index (χ0) is 39.0. The summed E-state index contributed by atoms with van der Waals surface area (Å²) in [6, 6.07) is 24.4. The Morgan fingerprint density at radius 1 is 1.07 bits per heavy atom. The van der Waals surface area contributed by atoms with Crippen LogP contribution in [0.25, 0.3) is 0 Å². The highest BCUT2D eigenvalue weighted by Gasteiger charge is 2.57. The summed E-state index contributed by atoms with van der Waals surface area (Å²) in [5.41, 5.74) is 2.78. The molecule has 0 spiro atoms. The highest BCUT2D eigenvalue weighted by atomic mass is 35.5. The highest BCUT2D eigenvalue weighted by molar-refractivity contribution is 7.09. The summed E-state index contributed by atoms with van der Waals surface area (Å²) in [4.78, 5) is 17.7. The van der Waals surface area contributed by atoms with E-state index in [4.69, 9.17) is 16.3 Å². The lowest BCUT2D eigenvalue weighted by atomic mass is 9.64. The van der Waals surface area contributed by atoms with E-state index in [1.807, 2.05) is 54.6 Å². The summed E-state index contributed by atoms with van der Waals surface area (Å²) in [6.45, 7) is 6.19. The molecule has 3 aliphatic carbocycles. The van der Waals surface area contributed by atoms with Gasteiger partial charge in [-0.15, -0.1) is 11.3 Å². The zero-order valence-electron chi connectivity index (χ0n) is 32.1. The van der Waals surface area contributed by atoms with Crippen molar-refractivity contribution in [3.63, 3.8) is 0 Å². The van der Waals surface area contributed by atoms with Crippen LogP contribution in [0.3, 0.4) is 0 Å². The van der Waals surface area contributed by atoms with Gasteiger partial charge in [0, 0.05) is 52.5 Å². The van der Waals surface area contributed by atoms with E-state index >= 15 is 4.39 Å². The lowest BCUT2D eigenvalue weighted by Gasteiger charge is -2.46. The third kappa shape index (κ3) is 10.4. The van der Waals surface area contributed by atoms with Crippen LogP contribution in [-0.4, -0.2) is 70.1 Å². The summed E-state index contributed by atoms with van der Waals surface area (Å²) in [5.74, 6) is -0.940. The number of allylic oxidation sites excluding steroid dienone is 2. The van der Waals surface area contributed by atoms with Crippen molar-refractivity contribution < 1.29 is 29.2 Å². The first kappa shape index (κ1) is 41.4. The van der Waals surface area contributed by atoms with Crippen molar-refractivity contribution >= 4 is 28.7 Å². The minimum Gasteiger partial charge on any atom is -0.393 e. The number of carbonyl (C=O) groups is 1. The van der Waals surface area contributed by atoms with Crippen LogP contribution in [0.5, 0.6) is 0 Å². The number of Topliss-reactive ketones (excluding diaryl/α,β-unsaturated/α-hetero) is 1. The van der Waals surface area contributed by atoms with Gasteiger partial charge in [-0.2, -0.15) is 0 Å². The number of hydrogen-bond donors (Lipinski definition) is 3. The lowest BCUT2D eigenvalue weighted by Crippen LogP contribution is -2.54. The summed E-state index contributed by atoms with van der Waals surface area (Å²) in [6.07, 6.45) is 5.82.